The SMILES string of the molecule is CC(C)C(C)N(C)CCNCC1CCOC1. The first-order chi connectivity index (χ1) is 7.61. The van der Waals surface area contributed by atoms with E-state index in [0.29, 0.717) is 6.04 Å². The van der Waals surface area contributed by atoms with Crippen molar-refractivity contribution in [2.24, 2.45) is 11.8 Å². The van der Waals surface area contributed by atoms with Crippen molar-refractivity contribution >= 4 is 0 Å². The molecule has 0 radical (unpaired) electrons. The van der Waals surface area contributed by atoms with Gasteiger partial charge in [-0.05, 0) is 32.2 Å². The zero-order valence-electron chi connectivity index (χ0n) is 11.3. The van der Waals surface area contributed by atoms with Gasteiger partial charge in [0.1, 0.15) is 0 Å². The highest BCUT2D eigenvalue weighted by Crippen LogP contribution is 2.10. The van der Waals surface area contributed by atoms with Crippen LogP contribution in [0.15, 0.2) is 0 Å². The summed E-state index contributed by atoms with van der Waals surface area (Å²) in [4.78, 5) is 2.43. The quantitative estimate of drug-likeness (QED) is 0.670. The Balaban J connectivity index is 2.01. The van der Waals surface area contributed by atoms with Crippen LogP contribution in [-0.2, 0) is 4.74 Å². The molecule has 1 saturated heterocycles. The van der Waals surface area contributed by atoms with Gasteiger partial charge in [-0.2, -0.15) is 0 Å². The molecule has 96 valence electrons. The summed E-state index contributed by atoms with van der Waals surface area (Å²) < 4.78 is 5.35. The van der Waals surface area contributed by atoms with E-state index < -0.39 is 0 Å². The van der Waals surface area contributed by atoms with Crippen molar-refractivity contribution in [3.63, 3.8) is 0 Å². The molecular weight excluding hydrogens is 200 g/mol. The average molecular weight is 228 g/mol. The Morgan fingerprint density at radius 1 is 1.38 bits per heavy atom. The van der Waals surface area contributed by atoms with E-state index >= 15 is 0 Å². The number of rotatable bonds is 7. The zero-order valence-corrected chi connectivity index (χ0v) is 11.3. The van der Waals surface area contributed by atoms with Crippen LogP contribution in [-0.4, -0.2) is 50.8 Å². The van der Waals surface area contributed by atoms with E-state index in [1.807, 2.05) is 0 Å². The third-order valence-electron chi connectivity index (χ3n) is 3.76. The van der Waals surface area contributed by atoms with Gasteiger partial charge in [0.15, 0.2) is 0 Å². The van der Waals surface area contributed by atoms with Crippen molar-refractivity contribution in [2.75, 3.05) is 39.9 Å². The Labute approximate surface area is 101 Å². The van der Waals surface area contributed by atoms with Crippen LogP contribution >= 0.6 is 0 Å². The first kappa shape index (κ1) is 13.9. The van der Waals surface area contributed by atoms with Gasteiger partial charge >= 0.3 is 0 Å². The second-order valence-corrected chi connectivity index (χ2v) is 5.40. The van der Waals surface area contributed by atoms with Crippen LogP contribution in [0.4, 0.5) is 0 Å². The highest BCUT2D eigenvalue weighted by Gasteiger charge is 2.15. The number of hydrogen-bond donors (Lipinski definition) is 1. The van der Waals surface area contributed by atoms with Crippen molar-refractivity contribution in [2.45, 2.75) is 33.2 Å². The van der Waals surface area contributed by atoms with E-state index in [1.165, 1.54) is 6.42 Å². The summed E-state index contributed by atoms with van der Waals surface area (Å²) in [7, 11) is 2.21. The van der Waals surface area contributed by atoms with Crippen molar-refractivity contribution < 1.29 is 4.74 Å². The van der Waals surface area contributed by atoms with Crippen molar-refractivity contribution in [3.05, 3.63) is 0 Å². The van der Waals surface area contributed by atoms with Crippen LogP contribution in [0.3, 0.4) is 0 Å². The fourth-order valence-corrected chi connectivity index (χ4v) is 2.02. The van der Waals surface area contributed by atoms with Gasteiger partial charge in [0.05, 0.1) is 6.61 Å². The van der Waals surface area contributed by atoms with Gasteiger partial charge in [-0.1, -0.05) is 13.8 Å². The molecule has 0 spiro atoms. The number of likely N-dealkylation sites (N-methyl/N-ethyl adjacent to an activating group) is 1. The van der Waals surface area contributed by atoms with Crippen LogP contribution in [0.5, 0.6) is 0 Å². The third-order valence-corrected chi connectivity index (χ3v) is 3.76. The van der Waals surface area contributed by atoms with Crippen LogP contribution in [0.25, 0.3) is 0 Å². The molecule has 3 heteroatoms. The number of nitrogens with one attached hydrogen (secondary N) is 1. The molecule has 2 unspecified atom stereocenters. The Hall–Kier alpha value is -0.120. The molecule has 0 saturated carbocycles. The van der Waals surface area contributed by atoms with E-state index in [9.17, 15) is 0 Å². The van der Waals surface area contributed by atoms with Crippen molar-refractivity contribution in [1.82, 2.24) is 10.2 Å². The second-order valence-electron chi connectivity index (χ2n) is 5.40. The molecule has 0 aromatic carbocycles. The number of nitrogens with zero attached hydrogens (tertiary/aromatic N) is 1. The predicted molar refractivity (Wildman–Crippen MR) is 68.7 cm³/mol. The maximum absolute atomic E-state index is 5.35. The van der Waals surface area contributed by atoms with Gasteiger partial charge in [-0.15, -0.1) is 0 Å². The molecule has 0 aromatic heterocycles. The highest BCUT2D eigenvalue weighted by atomic mass is 16.5. The molecule has 0 bridgehead atoms. The smallest absolute Gasteiger partial charge is 0.0507 e. The fraction of sp³-hybridized carbons (Fsp3) is 1.00. The van der Waals surface area contributed by atoms with Gasteiger partial charge in [-0.25, -0.2) is 0 Å². The molecule has 2 atom stereocenters. The topological polar surface area (TPSA) is 24.5 Å². The Kier molecular flexibility index (Phi) is 6.32. The first-order valence-electron chi connectivity index (χ1n) is 6.60. The molecular formula is C13H28N2O. The number of ether oxygens (including phenoxy) is 1. The molecule has 16 heavy (non-hydrogen) atoms. The lowest BCUT2D eigenvalue weighted by molar-refractivity contribution is 0.183. The third kappa shape index (κ3) is 4.81. The normalized spacial score (nSPS) is 23.2. The molecule has 1 rings (SSSR count). The molecule has 3 nitrogen and oxygen atoms in total. The van der Waals surface area contributed by atoms with Gasteiger partial charge in [-0.3, -0.25) is 0 Å². The summed E-state index contributed by atoms with van der Waals surface area (Å²) in [5.74, 6) is 1.47. The first-order valence-corrected chi connectivity index (χ1v) is 6.60. The van der Waals surface area contributed by atoms with Gasteiger partial charge in [0, 0.05) is 32.3 Å². The Morgan fingerprint density at radius 3 is 2.69 bits per heavy atom. The summed E-state index contributed by atoms with van der Waals surface area (Å²) in [6.45, 7) is 12.1. The van der Waals surface area contributed by atoms with Crippen molar-refractivity contribution in [1.29, 1.82) is 0 Å². The highest BCUT2D eigenvalue weighted by molar-refractivity contribution is 4.70. The average Bonchev–Trinajstić information content (AvgIpc) is 2.75. The molecule has 0 amide bonds. The minimum Gasteiger partial charge on any atom is -0.381 e. The summed E-state index contributed by atoms with van der Waals surface area (Å²) in [5, 5.41) is 3.53. The van der Waals surface area contributed by atoms with Gasteiger partial charge in [0.25, 0.3) is 0 Å². The lowest BCUT2D eigenvalue weighted by Gasteiger charge is -2.28. The largest absolute Gasteiger partial charge is 0.381 e. The standard InChI is InChI=1S/C13H28N2O/c1-11(2)12(3)15(4)7-6-14-9-13-5-8-16-10-13/h11-14H,5-10H2,1-4H3. The van der Waals surface area contributed by atoms with Gasteiger partial charge in [0.2, 0.25) is 0 Å². The molecule has 1 fully saturated rings. The fourth-order valence-electron chi connectivity index (χ4n) is 2.02. The minimum atomic E-state index is 0.664. The molecule has 1 heterocycles. The Morgan fingerprint density at radius 2 is 2.12 bits per heavy atom. The van der Waals surface area contributed by atoms with E-state index in [4.69, 9.17) is 4.74 Å². The summed E-state index contributed by atoms with van der Waals surface area (Å²) in [6.07, 6.45) is 1.23. The number of hydrogen-bond acceptors (Lipinski definition) is 3. The van der Waals surface area contributed by atoms with E-state index in [2.05, 4.69) is 38.0 Å². The zero-order chi connectivity index (χ0) is 12.0. The van der Waals surface area contributed by atoms with E-state index in [0.717, 1.165) is 44.7 Å². The maximum atomic E-state index is 5.35. The second kappa shape index (κ2) is 7.25. The minimum absolute atomic E-state index is 0.664. The Bertz CT molecular complexity index is 179. The monoisotopic (exact) mass is 228 g/mol. The summed E-state index contributed by atoms with van der Waals surface area (Å²) in [6, 6.07) is 0.664. The van der Waals surface area contributed by atoms with Crippen molar-refractivity contribution in [3.8, 4) is 0 Å². The van der Waals surface area contributed by atoms with Crippen LogP contribution in [0.2, 0.25) is 0 Å². The summed E-state index contributed by atoms with van der Waals surface area (Å²) >= 11 is 0. The lowest BCUT2D eigenvalue weighted by Crippen LogP contribution is -2.39. The van der Waals surface area contributed by atoms with E-state index in [-0.39, 0.29) is 0 Å². The molecule has 0 aliphatic carbocycles. The molecule has 1 N–H and O–H groups in total. The lowest BCUT2D eigenvalue weighted by atomic mass is 10.1. The maximum Gasteiger partial charge on any atom is 0.0507 e. The van der Waals surface area contributed by atoms with Crippen LogP contribution < -0.4 is 5.32 Å². The molecule has 1 aliphatic heterocycles. The van der Waals surface area contributed by atoms with Crippen LogP contribution in [0, 0.1) is 11.8 Å². The molecule has 0 aromatic rings. The molecule has 1 aliphatic rings. The van der Waals surface area contributed by atoms with Gasteiger partial charge < -0.3 is 15.0 Å². The summed E-state index contributed by atoms with van der Waals surface area (Å²) in [5.41, 5.74) is 0. The van der Waals surface area contributed by atoms with E-state index in [1.54, 1.807) is 0 Å². The predicted octanol–water partition coefficient (Wildman–Crippen LogP) is 1.59. The van der Waals surface area contributed by atoms with Crippen LogP contribution in [0.1, 0.15) is 27.2 Å².